The minimum atomic E-state index is -0.400. The Balaban J connectivity index is 1.81. The molecule has 2 aliphatic rings. The zero-order valence-electron chi connectivity index (χ0n) is 12.6. The van der Waals surface area contributed by atoms with E-state index in [1.807, 2.05) is 12.1 Å². The van der Waals surface area contributed by atoms with Gasteiger partial charge in [0.25, 0.3) is 5.69 Å². The van der Waals surface area contributed by atoms with Gasteiger partial charge in [0.05, 0.1) is 16.7 Å². The zero-order valence-corrected chi connectivity index (χ0v) is 14.2. The molecular weight excluding hydrogens is 375 g/mol. The van der Waals surface area contributed by atoms with Crippen LogP contribution in [0.5, 0.6) is 0 Å². The van der Waals surface area contributed by atoms with Gasteiger partial charge < -0.3 is 5.32 Å². The van der Waals surface area contributed by atoms with E-state index in [0.717, 1.165) is 17.5 Å². The highest BCUT2D eigenvalue weighted by Gasteiger charge is 2.39. The topological polar surface area (TPSA) is 55.2 Å². The number of allylic oxidation sites excluding steroid dienone is 2. The molecule has 2 aromatic rings. The smallest absolute Gasteiger partial charge is 0.269 e. The van der Waals surface area contributed by atoms with Crippen LogP contribution >= 0.6 is 15.9 Å². The number of hydrogen-bond acceptors (Lipinski definition) is 3. The first kappa shape index (κ1) is 15.3. The van der Waals surface area contributed by atoms with Crippen LogP contribution in [0.25, 0.3) is 0 Å². The highest BCUT2D eigenvalue weighted by Crippen LogP contribution is 2.51. The van der Waals surface area contributed by atoms with Crippen molar-refractivity contribution in [2.75, 3.05) is 5.32 Å². The molecule has 1 aliphatic carbocycles. The second kappa shape index (κ2) is 5.70. The number of nitro benzene ring substituents is 1. The zero-order chi connectivity index (χ0) is 16.8. The lowest BCUT2D eigenvalue weighted by atomic mass is 9.77. The van der Waals surface area contributed by atoms with Gasteiger partial charge in [-0.3, -0.25) is 10.1 Å². The summed E-state index contributed by atoms with van der Waals surface area (Å²) in [6.45, 7) is 0. The molecule has 3 atom stereocenters. The summed E-state index contributed by atoms with van der Waals surface area (Å²) >= 11 is 3.36. The van der Waals surface area contributed by atoms with Crippen molar-refractivity contribution in [1.29, 1.82) is 0 Å². The molecule has 122 valence electrons. The van der Waals surface area contributed by atoms with E-state index >= 15 is 0 Å². The molecule has 2 aromatic carbocycles. The van der Waals surface area contributed by atoms with Crippen molar-refractivity contribution < 1.29 is 9.31 Å². The van der Waals surface area contributed by atoms with E-state index in [1.165, 1.54) is 12.1 Å². The largest absolute Gasteiger partial charge is 0.375 e. The standard InChI is InChI=1S/C18H14BrFN2O2/c19-11-8-15-13-5-2-6-14(13)17(21-18(15)16(20)9-11)10-3-1-4-12(7-10)22(23)24/h1-5,7-9,13-14,17,21H,6H2/t13-,14+,17-/m0/s1. The second-order valence-corrected chi connectivity index (χ2v) is 7.10. The Morgan fingerprint density at radius 1 is 1.29 bits per heavy atom. The lowest BCUT2D eigenvalue weighted by molar-refractivity contribution is -0.384. The number of rotatable bonds is 2. The summed E-state index contributed by atoms with van der Waals surface area (Å²) in [4.78, 5) is 10.7. The quantitative estimate of drug-likeness (QED) is 0.430. The van der Waals surface area contributed by atoms with Crippen LogP contribution in [0.4, 0.5) is 15.8 Å². The third kappa shape index (κ3) is 2.41. The fourth-order valence-corrected chi connectivity index (χ4v) is 4.23. The van der Waals surface area contributed by atoms with Crippen molar-refractivity contribution in [1.82, 2.24) is 0 Å². The van der Waals surface area contributed by atoms with Gasteiger partial charge in [-0.25, -0.2) is 4.39 Å². The monoisotopic (exact) mass is 388 g/mol. The summed E-state index contributed by atoms with van der Waals surface area (Å²) in [5.41, 5.74) is 2.29. The summed E-state index contributed by atoms with van der Waals surface area (Å²) in [5.74, 6) is 0.0132. The molecule has 0 fully saturated rings. The van der Waals surface area contributed by atoms with Gasteiger partial charge in [-0.2, -0.15) is 0 Å². The van der Waals surface area contributed by atoms with Gasteiger partial charge in [0.15, 0.2) is 0 Å². The number of non-ortho nitro benzene ring substituents is 1. The molecule has 0 unspecified atom stereocenters. The first-order valence-corrected chi connectivity index (χ1v) is 8.50. The van der Waals surface area contributed by atoms with Gasteiger partial charge in [-0.1, -0.05) is 40.2 Å². The minimum absolute atomic E-state index is 0.0545. The second-order valence-electron chi connectivity index (χ2n) is 6.18. The molecule has 0 radical (unpaired) electrons. The number of fused-ring (bicyclic) bond motifs is 3. The van der Waals surface area contributed by atoms with Crippen molar-refractivity contribution in [2.24, 2.45) is 5.92 Å². The highest BCUT2D eigenvalue weighted by atomic mass is 79.9. The summed E-state index contributed by atoms with van der Waals surface area (Å²) in [6.07, 6.45) is 5.08. The molecule has 0 aromatic heterocycles. The summed E-state index contributed by atoms with van der Waals surface area (Å²) in [5, 5.41) is 14.3. The van der Waals surface area contributed by atoms with E-state index in [2.05, 4.69) is 33.4 Å². The molecule has 0 spiro atoms. The molecule has 6 heteroatoms. The van der Waals surface area contributed by atoms with Gasteiger partial charge in [-0.15, -0.1) is 0 Å². The van der Waals surface area contributed by atoms with Crippen LogP contribution in [0.1, 0.15) is 29.5 Å². The molecule has 1 N–H and O–H groups in total. The maximum atomic E-state index is 14.5. The Morgan fingerprint density at radius 3 is 2.92 bits per heavy atom. The van der Waals surface area contributed by atoms with E-state index in [9.17, 15) is 14.5 Å². The average Bonchev–Trinajstić information content (AvgIpc) is 3.04. The molecule has 4 rings (SSSR count). The maximum Gasteiger partial charge on any atom is 0.269 e. The van der Waals surface area contributed by atoms with Crippen LogP contribution in [0.15, 0.2) is 53.0 Å². The van der Waals surface area contributed by atoms with Gasteiger partial charge in [0.1, 0.15) is 5.82 Å². The molecule has 24 heavy (non-hydrogen) atoms. The third-order valence-corrected chi connectivity index (χ3v) is 5.28. The predicted molar refractivity (Wildman–Crippen MR) is 93.5 cm³/mol. The molecule has 0 saturated carbocycles. The highest BCUT2D eigenvalue weighted by molar-refractivity contribution is 9.10. The van der Waals surface area contributed by atoms with Crippen LogP contribution < -0.4 is 5.32 Å². The van der Waals surface area contributed by atoms with E-state index in [0.29, 0.717) is 10.2 Å². The normalized spacial score (nSPS) is 24.2. The molecule has 4 nitrogen and oxygen atoms in total. The Morgan fingerprint density at radius 2 is 2.12 bits per heavy atom. The predicted octanol–water partition coefficient (Wildman–Crippen LogP) is 5.32. The molecular formula is C18H14BrFN2O2. The molecule has 1 aliphatic heterocycles. The average molecular weight is 389 g/mol. The Bertz CT molecular complexity index is 868. The molecule has 0 saturated heterocycles. The molecule has 0 amide bonds. The lowest BCUT2D eigenvalue weighted by Crippen LogP contribution is -2.29. The Hall–Kier alpha value is -2.21. The summed E-state index contributed by atoms with van der Waals surface area (Å²) in [6, 6.07) is 9.82. The number of anilines is 1. The van der Waals surface area contributed by atoms with Gasteiger partial charge in [0.2, 0.25) is 0 Å². The van der Waals surface area contributed by atoms with Crippen LogP contribution in [-0.2, 0) is 0 Å². The van der Waals surface area contributed by atoms with E-state index in [-0.39, 0.29) is 29.4 Å². The number of nitrogens with zero attached hydrogens (tertiary/aromatic N) is 1. The van der Waals surface area contributed by atoms with Crippen LogP contribution in [0.3, 0.4) is 0 Å². The number of nitrogens with one attached hydrogen (secondary N) is 1. The number of nitro groups is 1. The van der Waals surface area contributed by atoms with Crippen LogP contribution in [-0.4, -0.2) is 4.92 Å². The van der Waals surface area contributed by atoms with E-state index in [4.69, 9.17) is 0 Å². The van der Waals surface area contributed by atoms with Crippen molar-refractivity contribution >= 4 is 27.3 Å². The van der Waals surface area contributed by atoms with Crippen molar-refractivity contribution in [3.63, 3.8) is 0 Å². The summed E-state index contributed by atoms with van der Waals surface area (Å²) in [7, 11) is 0. The van der Waals surface area contributed by atoms with E-state index < -0.39 is 4.92 Å². The molecule has 0 bridgehead atoms. The number of hydrogen-bond donors (Lipinski definition) is 1. The van der Waals surface area contributed by atoms with Gasteiger partial charge in [-0.05, 0) is 35.6 Å². The fourth-order valence-electron chi connectivity index (χ4n) is 3.78. The van der Waals surface area contributed by atoms with Gasteiger partial charge >= 0.3 is 0 Å². The Kier molecular flexibility index (Phi) is 3.64. The van der Waals surface area contributed by atoms with E-state index in [1.54, 1.807) is 12.1 Å². The third-order valence-electron chi connectivity index (χ3n) is 4.83. The van der Waals surface area contributed by atoms with Crippen molar-refractivity contribution in [3.05, 3.63) is 80.1 Å². The first-order chi connectivity index (χ1) is 11.5. The van der Waals surface area contributed by atoms with Crippen LogP contribution in [0.2, 0.25) is 0 Å². The number of halogens is 2. The minimum Gasteiger partial charge on any atom is -0.375 e. The molecule has 1 heterocycles. The SMILES string of the molecule is O=[N+]([O-])c1cccc([C@@H]2Nc3c(F)cc(Br)cc3[C@H]3C=CC[C@H]32)c1. The first-order valence-electron chi connectivity index (χ1n) is 7.71. The van der Waals surface area contributed by atoms with Crippen LogP contribution in [0, 0.1) is 21.8 Å². The Labute approximate surface area is 146 Å². The maximum absolute atomic E-state index is 14.5. The fraction of sp³-hybridized carbons (Fsp3) is 0.222. The van der Waals surface area contributed by atoms with Crippen molar-refractivity contribution in [3.8, 4) is 0 Å². The summed E-state index contributed by atoms with van der Waals surface area (Å²) < 4.78 is 15.2. The van der Waals surface area contributed by atoms with Crippen molar-refractivity contribution in [2.45, 2.75) is 18.4 Å². The number of benzene rings is 2. The van der Waals surface area contributed by atoms with Gasteiger partial charge in [0, 0.05) is 22.5 Å². The lowest BCUT2D eigenvalue weighted by Gasteiger charge is -2.37.